The molecule has 0 amide bonds. The second kappa shape index (κ2) is 4.11. The second-order valence-electron chi connectivity index (χ2n) is 4.08. The molecular formula is C12H18N2O. The molecular weight excluding hydrogens is 188 g/mol. The van der Waals surface area contributed by atoms with Gasteiger partial charge in [0, 0.05) is 30.4 Å². The van der Waals surface area contributed by atoms with Crippen LogP contribution in [0.1, 0.15) is 18.1 Å². The molecule has 0 saturated heterocycles. The van der Waals surface area contributed by atoms with Gasteiger partial charge in [-0.2, -0.15) is 0 Å². The van der Waals surface area contributed by atoms with E-state index >= 15 is 0 Å². The summed E-state index contributed by atoms with van der Waals surface area (Å²) in [7, 11) is 2.13. The van der Waals surface area contributed by atoms with Crippen LogP contribution in [-0.4, -0.2) is 25.1 Å². The lowest BCUT2D eigenvalue weighted by molar-refractivity contribution is 0.297. The molecule has 82 valence electrons. The molecule has 0 fully saturated rings. The molecule has 1 aliphatic heterocycles. The molecule has 3 heteroatoms. The summed E-state index contributed by atoms with van der Waals surface area (Å²) in [6.07, 6.45) is 1.06. The monoisotopic (exact) mass is 206 g/mol. The van der Waals surface area contributed by atoms with Gasteiger partial charge in [0.1, 0.15) is 5.75 Å². The molecule has 0 aliphatic carbocycles. The summed E-state index contributed by atoms with van der Waals surface area (Å²) < 4.78 is 5.62. The van der Waals surface area contributed by atoms with Crippen molar-refractivity contribution in [2.75, 3.05) is 25.9 Å². The summed E-state index contributed by atoms with van der Waals surface area (Å²) >= 11 is 0. The van der Waals surface area contributed by atoms with Gasteiger partial charge in [-0.05, 0) is 32.0 Å². The summed E-state index contributed by atoms with van der Waals surface area (Å²) in [5.74, 6) is 0.973. The third kappa shape index (κ3) is 2.07. The van der Waals surface area contributed by atoms with Crippen molar-refractivity contribution in [1.29, 1.82) is 0 Å². The molecule has 0 atom stereocenters. The van der Waals surface area contributed by atoms with Gasteiger partial charge in [0.2, 0.25) is 0 Å². The lowest BCUT2D eigenvalue weighted by Crippen LogP contribution is -2.27. The van der Waals surface area contributed by atoms with E-state index in [4.69, 9.17) is 10.5 Å². The normalized spacial score (nSPS) is 16.1. The summed E-state index contributed by atoms with van der Waals surface area (Å²) in [5, 5.41) is 0. The minimum Gasteiger partial charge on any atom is -0.494 e. The molecule has 2 rings (SSSR count). The maximum absolute atomic E-state index is 5.86. The van der Waals surface area contributed by atoms with E-state index in [0.717, 1.165) is 30.9 Å². The lowest BCUT2D eigenvalue weighted by Gasteiger charge is -2.26. The zero-order valence-electron chi connectivity index (χ0n) is 9.42. The highest BCUT2D eigenvalue weighted by Crippen LogP contribution is 2.30. The molecule has 0 bridgehead atoms. The van der Waals surface area contributed by atoms with Crippen LogP contribution < -0.4 is 10.5 Å². The van der Waals surface area contributed by atoms with Crippen molar-refractivity contribution in [2.24, 2.45) is 0 Å². The first-order valence-electron chi connectivity index (χ1n) is 5.43. The Bertz CT molecular complexity index is 346. The maximum Gasteiger partial charge on any atom is 0.124 e. The molecule has 0 unspecified atom stereocenters. The predicted molar refractivity (Wildman–Crippen MR) is 62.1 cm³/mol. The van der Waals surface area contributed by atoms with Crippen molar-refractivity contribution in [2.45, 2.75) is 19.9 Å². The topological polar surface area (TPSA) is 38.5 Å². The first kappa shape index (κ1) is 10.3. The van der Waals surface area contributed by atoms with Crippen LogP contribution in [-0.2, 0) is 13.0 Å². The number of likely N-dealkylation sites (N-methyl/N-ethyl adjacent to an activating group) is 1. The van der Waals surface area contributed by atoms with E-state index in [0.29, 0.717) is 6.61 Å². The van der Waals surface area contributed by atoms with Crippen LogP contribution in [0.4, 0.5) is 5.69 Å². The Morgan fingerprint density at radius 1 is 1.47 bits per heavy atom. The fourth-order valence-electron chi connectivity index (χ4n) is 2.11. The highest BCUT2D eigenvalue weighted by molar-refractivity contribution is 5.54. The van der Waals surface area contributed by atoms with Crippen LogP contribution in [0, 0.1) is 0 Å². The van der Waals surface area contributed by atoms with Crippen molar-refractivity contribution >= 4 is 5.69 Å². The van der Waals surface area contributed by atoms with E-state index in [1.807, 2.05) is 13.0 Å². The van der Waals surface area contributed by atoms with Crippen molar-refractivity contribution in [3.63, 3.8) is 0 Å². The van der Waals surface area contributed by atoms with E-state index in [-0.39, 0.29) is 0 Å². The highest BCUT2D eigenvalue weighted by Gasteiger charge is 2.17. The van der Waals surface area contributed by atoms with Gasteiger partial charge in [0.05, 0.1) is 6.61 Å². The molecule has 0 radical (unpaired) electrons. The molecule has 15 heavy (non-hydrogen) atoms. The zero-order valence-corrected chi connectivity index (χ0v) is 9.42. The molecule has 1 aliphatic rings. The van der Waals surface area contributed by atoms with Crippen molar-refractivity contribution < 1.29 is 4.74 Å². The van der Waals surface area contributed by atoms with Crippen molar-refractivity contribution in [3.05, 3.63) is 23.3 Å². The highest BCUT2D eigenvalue weighted by atomic mass is 16.5. The van der Waals surface area contributed by atoms with Crippen LogP contribution in [0.3, 0.4) is 0 Å². The molecule has 0 spiro atoms. The number of ether oxygens (including phenoxy) is 1. The molecule has 1 aromatic carbocycles. The Hall–Kier alpha value is -1.22. The second-order valence-corrected chi connectivity index (χ2v) is 4.08. The van der Waals surface area contributed by atoms with E-state index in [2.05, 4.69) is 18.0 Å². The summed E-state index contributed by atoms with van der Waals surface area (Å²) in [6, 6.07) is 4.00. The lowest BCUT2D eigenvalue weighted by atomic mass is 9.98. The van der Waals surface area contributed by atoms with E-state index in [9.17, 15) is 0 Å². The van der Waals surface area contributed by atoms with Crippen LogP contribution in [0.15, 0.2) is 12.1 Å². The van der Waals surface area contributed by atoms with Crippen molar-refractivity contribution in [3.8, 4) is 5.75 Å². The van der Waals surface area contributed by atoms with Crippen LogP contribution in [0.25, 0.3) is 0 Å². The zero-order chi connectivity index (χ0) is 10.8. The molecule has 0 aromatic heterocycles. The summed E-state index contributed by atoms with van der Waals surface area (Å²) in [5.41, 5.74) is 9.31. The van der Waals surface area contributed by atoms with E-state index in [1.54, 1.807) is 0 Å². The third-order valence-electron chi connectivity index (χ3n) is 2.81. The number of hydrogen-bond acceptors (Lipinski definition) is 3. The number of nitrogens with zero attached hydrogens (tertiary/aromatic N) is 1. The Kier molecular flexibility index (Phi) is 2.82. The van der Waals surface area contributed by atoms with Gasteiger partial charge in [-0.15, -0.1) is 0 Å². The predicted octanol–water partition coefficient (Wildman–Crippen LogP) is 1.66. The number of hydrogen-bond donors (Lipinski definition) is 1. The fraction of sp³-hybridized carbons (Fsp3) is 0.500. The first-order chi connectivity index (χ1) is 7.20. The SMILES string of the molecule is CCOc1cc(N)cc2c1CCN(C)C2. The molecule has 1 aromatic rings. The maximum atomic E-state index is 5.86. The molecule has 0 saturated carbocycles. The minimum absolute atomic E-state index is 0.700. The number of nitrogens with two attached hydrogens (primary N) is 1. The van der Waals surface area contributed by atoms with Crippen LogP contribution in [0.2, 0.25) is 0 Å². The number of benzene rings is 1. The summed E-state index contributed by atoms with van der Waals surface area (Å²) in [6.45, 7) is 4.77. The van der Waals surface area contributed by atoms with Gasteiger partial charge < -0.3 is 15.4 Å². The minimum atomic E-state index is 0.700. The van der Waals surface area contributed by atoms with Gasteiger partial charge in [-0.1, -0.05) is 0 Å². The van der Waals surface area contributed by atoms with Crippen LogP contribution in [0.5, 0.6) is 5.75 Å². The number of rotatable bonds is 2. The quantitative estimate of drug-likeness (QED) is 0.748. The first-order valence-corrected chi connectivity index (χ1v) is 5.43. The molecule has 1 heterocycles. The number of anilines is 1. The Balaban J connectivity index is 2.39. The average molecular weight is 206 g/mol. The standard InChI is InChI=1S/C12H18N2O/c1-3-15-12-7-10(13)6-9-8-14(2)5-4-11(9)12/h6-7H,3-5,8,13H2,1-2H3. The number of fused-ring (bicyclic) bond motifs is 1. The van der Waals surface area contributed by atoms with Gasteiger partial charge in [-0.25, -0.2) is 0 Å². The fourth-order valence-corrected chi connectivity index (χ4v) is 2.11. The van der Waals surface area contributed by atoms with Gasteiger partial charge in [-0.3, -0.25) is 0 Å². The third-order valence-corrected chi connectivity index (χ3v) is 2.81. The van der Waals surface area contributed by atoms with E-state index < -0.39 is 0 Å². The largest absolute Gasteiger partial charge is 0.494 e. The Morgan fingerprint density at radius 3 is 3.00 bits per heavy atom. The smallest absolute Gasteiger partial charge is 0.124 e. The van der Waals surface area contributed by atoms with Gasteiger partial charge in [0.25, 0.3) is 0 Å². The molecule has 2 N–H and O–H groups in total. The summed E-state index contributed by atoms with van der Waals surface area (Å²) in [4.78, 5) is 2.30. The average Bonchev–Trinajstić information content (AvgIpc) is 2.17. The van der Waals surface area contributed by atoms with E-state index in [1.165, 1.54) is 11.1 Å². The van der Waals surface area contributed by atoms with Gasteiger partial charge >= 0.3 is 0 Å². The Morgan fingerprint density at radius 2 is 2.27 bits per heavy atom. The van der Waals surface area contributed by atoms with Gasteiger partial charge in [0.15, 0.2) is 0 Å². The van der Waals surface area contributed by atoms with Crippen LogP contribution >= 0.6 is 0 Å². The Labute approximate surface area is 90.8 Å². The molecule has 3 nitrogen and oxygen atoms in total. The number of nitrogen functional groups attached to an aromatic ring is 1. The van der Waals surface area contributed by atoms with Crippen molar-refractivity contribution in [1.82, 2.24) is 4.90 Å².